The average molecular weight is 494 g/mol. The third kappa shape index (κ3) is 6.09. The van der Waals surface area contributed by atoms with E-state index in [1.165, 1.54) is 11.8 Å². The van der Waals surface area contributed by atoms with E-state index in [0.29, 0.717) is 29.4 Å². The van der Waals surface area contributed by atoms with Crippen molar-refractivity contribution in [2.75, 3.05) is 23.5 Å². The Morgan fingerprint density at radius 1 is 1.03 bits per heavy atom. The van der Waals surface area contributed by atoms with Gasteiger partial charge in [0.25, 0.3) is 0 Å². The lowest BCUT2D eigenvalue weighted by Crippen LogP contribution is -2.12. The van der Waals surface area contributed by atoms with Crippen LogP contribution in [0.15, 0.2) is 84.0 Å². The molecule has 0 bridgehead atoms. The van der Waals surface area contributed by atoms with E-state index in [2.05, 4.69) is 20.8 Å². The molecule has 0 aliphatic rings. The lowest BCUT2D eigenvalue weighted by atomic mass is 10.3. The highest BCUT2D eigenvalue weighted by molar-refractivity contribution is 7.99. The van der Waals surface area contributed by atoms with Gasteiger partial charge in [-0.3, -0.25) is 9.36 Å². The maximum absolute atomic E-state index is 12.4. The number of anilines is 2. The van der Waals surface area contributed by atoms with Crippen molar-refractivity contribution < 1.29 is 9.53 Å². The van der Waals surface area contributed by atoms with Gasteiger partial charge in [0.15, 0.2) is 11.0 Å². The van der Waals surface area contributed by atoms with Crippen LogP contribution in [-0.2, 0) is 11.3 Å². The standard InChI is InChI=1S/C25H24ClN5O2S/c1-33-22-13-6-5-12-21(22)27-17-23-29-30-25(31(23)20-10-3-2-4-11-20)34-15-14-24(32)28-19-9-7-8-18(26)16-19/h2-13,16,27H,14-15,17H2,1H3,(H,28,32). The summed E-state index contributed by atoms with van der Waals surface area (Å²) in [5.74, 6) is 1.98. The maximum atomic E-state index is 12.4. The van der Waals surface area contributed by atoms with E-state index in [1.807, 2.05) is 65.2 Å². The summed E-state index contributed by atoms with van der Waals surface area (Å²) < 4.78 is 7.43. The molecule has 0 saturated heterocycles. The van der Waals surface area contributed by atoms with Gasteiger partial charge in [0.2, 0.25) is 5.91 Å². The Morgan fingerprint density at radius 3 is 2.62 bits per heavy atom. The monoisotopic (exact) mass is 493 g/mol. The zero-order valence-corrected chi connectivity index (χ0v) is 20.1. The second-order valence-corrected chi connectivity index (χ2v) is 8.78. The highest BCUT2D eigenvalue weighted by Gasteiger charge is 2.15. The molecule has 0 fully saturated rings. The number of hydrogen-bond acceptors (Lipinski definition) is 6. The van der Waals surface area contributed by atoms with Crippen molar-refractivity contribution in [2.24, 2.45) is 0 Å². The average Bonchev–Trinajstić information content (AvgIpc) is 3.26. The number of aromatic nitrogens is 3. The van der Waals surface area contributed by atoms with Crippen LogP contribution < -0.4 is 15.4 Å². The van der Waals surface area contributed by atoms with Gasteiger partial charge in [-0.05, 0) is 42.5 Å². The highest BCUT2D eigenvalue weighted by Crippen LogP contribution is 2.26. The number of ether oxygens (including phenoxy) is 1. The van der Waals surface area contributed by atoms with E-state index in [1.54, 1.807) is 25.3 Å². The van der Waals surface area contributed by atoms with Gasteiger partial charge in [-0.2, -0.15) is 0 Å². The summed E-state index contributed by atoms with van der Waals surface area (Å²) >= 11 is 7.47. The Kier molecular flexibility index (Phi) is 8.06. The maximum Gasteiger partial charge on any atom is 0.225 e. The van der Waals surface area contributed by atoms with Gasteiger partial charge in [-0.15, -0.1) is 10.2 Å². The molecule has 4 aromatic rings. The van der Waals surface area contributed by atoms with E-state index in [-0.39, 0.29) is 5.91 Å². The number of carbonyl (C=O) groups excluding carboxylic acids is 1. The fourth-order valence-electron chi connectivity index (χ4n) is 3.33. The van der Waals surface area contributed by atoms with E-state index in [9.17, 15) is 4.79 Å². The number of amides is 1. The zero-order chi connectivity index (χ0) is 23.8. The normalized spacial score (nSPS) is 10.6. The molecule has 0 aliphatic heterocycles. The van der Waals surface area contributed by atoms with Gasteiger partial charge in [0.05, 0.1) is 19.3 Å². The number of methoxy groups -OCH3 is 1. The molecule has 7 nitrogen and oxygen atoms in total. The van der Waals surface area contributed by atoms with Gasteiger partial charge >= 0.3 is 0 Å². The van der Waals surface area contributed by atoms with Crippen molar-refractivity contribution in [1.82, 2.24) is 14.8 Å². The first-order valence-corrected chi connectivity index (χ1v) is 12.0. The Balaban J connectivity index is 1.44. The summed E-state index contributed by atoms with van der Waals surface area (Å²) in [5, 5.41) is 16.4. The van der Waals surface area contributed by atoms with E-state index < -0.39 is 0 Å². The van der Waals surface area contributed by atoms with Crippen LogP contribution in [0.25, 0.3) is 5.69 Å². The number of nitrogens with zero attached hydrogens (tertiary/aromatic N) is 3. The van der Waals surface area contributed by atoms with Crippen LogP contribution in [0, 0.1) is 0 Å². The van der Waals surface area contributed by atoms with Crippen LogP contribution in [0.4, 0.5) is 11.4 Å². The predicted molar refractivity (Wildman–Crippen MR) is 137 cm³/mol. The number of benzene rings is 3. The Morgan fingerprint density at radius 2 is 1.82 bits per heavy atom. The number of halogens is 1. The molecule has 4 rings (SSSR count). The molecule has 0 radical (unpaired) electrons. The quantitative estimate of drug-likeness (QED) is 0.277. The van der Waals surface area contributed by atoms with Gasteiger partial charge in [0.1, 0.15) is 5.75 Å². The largest absolute Gasteiger partial charge is 0.495 e. The number of rotatable bonds is 10. The Hall–Kier alpha value is -3.49. The number of nitrogens with one attached hydrogen (secondary N) is 2. The van der Waals surface area contributed by atoms with Crippen molar-refractivity contribution >= 4 is 40.6 Å². The van der Waals surface area contributed by atoms with Gasteiger partial charge in [-0.1, -0.05) is 59.8 Å². The fraction of sp³-hybridized carbons (Fsp3) is 0.160. The van der Waals surface area contributed by atoms with Crippen LogP contribution in [0.2, 0.25) is 5.02 Å². The molecule has 9 heteroatoms. The topological polar surface area (TPSA) is 81.1 Å². The predicted octanol–water partition coefficient (Wildman–Crippen LogP) is 5.66. The first-order valence-electron chi connectivity index (χ1n) is 10.7. The fourth-order valence-corrected chi connectivity index (χ4v) is 4.43. The molecule has 0 unspecified atom stereocenters. The molecular formula is C25H24ClN5O2S. The second kappa shape index (κ2) is 11.6. The molecule has 0 atom stereocenters. The Labute approximate surface area is 207 Å². The van der Waals surface area contributed by atoms with E-state index in [0.717, 1.165) is 28.1 Å². The number of carbonyl (C=O) groups is 1. The van der Waals surface area contributed by atoms with Crippen molar-refractivity contribution in [3.63, 3.8) is 0 Å². The lowest BCUT2D eigenvalue weighted by molar-refractivity contribution is -0.115. The molecule has 174 valence electrons. The summed E-state index contributed by atoms with van der Waals surface area (Å²) in [6.45, 7) is 0.456. The van der Waals surface area contributed by atoms with E-state index >= 15 is 0 Å². The first kappa shape index (κ1) is 23.7. The summed E-state index contributed by atoms with van der Waals surface area (Å²) in [4.78, 5) is 12.4. The van der Waals surface area contributed by atoms with Crippen LogP contribution in [0.3, 0.4) is 0 Å². The van der Waals surface area contributed by atoms with Gasteiger partial charge in [-0.25, -0.2) is 0 Å². The molecule has 0 saturated carbocycles. The lowest BCUT2D eigenvalue weighted by Gasteiger charge is -2.13. The summed E-state index contributed by atoms with van der Waals surface area (Å²) in [6.07, 6.45) is 0.327. The highest BCUT2D eigenvalue weighted by atomic mass is 35.5. The van der Waals surface area contributed by atoms with E-state index in [4.69, 9.17) is 16.3 Å². The summed E-state index contributed by atoms with van der Waals surface area (Å²) in [5.41, 5.74) is 2.51. The number of hydrogen-bond donors (Lipinski definition) is 2. The Bertz CT molecular complexity index is 1250. The van der Waals surface area contributed by atoms with Crippen molar-refractivity contribution in [2.45, 2.75) is 18.1 Å². The first-order chi connectivity index (χ1) is 16.6. The minimum atomic E-state index is -0.0846. The summed E-state index contributed by atoms with van der Waals surface area (Å²) in [6, 6.07) is 24.8. The molecule has 1 aromatic heterocycles. The smallest absolute Gasteiger partial charge is 0.225 e. The molecule has 3 aromatic carbocycles. The zero-order valence-electron chi connectivity index (χ0n) is 18.6. The van der Waals surface area contributed by atoms with Crippen molar-refractivity contribution in [1.29, 1.82) is 0 Å². The van der Waals surface area contributed by atoms with Crippen LogP contribution >= 0.6 is 23.4 Å². The van der Waals surface area contributed by atoms with Crippen molar-refractivity contribution in [3.05, 3.63) is 89.7 Å². The third-order valence-corrected chi connectivity index (χ3v) is 6.09. The van der Waals surface area contributed by atoms with Crippen LogP contribution in [0.5, 0.6) is 5.75 Å². The number of thioether (sulfide) groups is 1. The minimum absolute atomic E-state index is 0.0846. The van der Waals surface area contributed by atoms with Gasteiger partial charge in [0, 0.05) is 28.6 Å². The van der Waals surface area contributed by atoms with Crippen LogP contribution in [0.1, 0.15) is 12.2 Å². The molecule has 0 aliphatic carbocycles. The van der Waals surface area contributed by atoms with Crippen molar-refractivity contribution in [3.8, 4) is 11.4 Å². The van der Waals surface area contributed by atoms with Crippen LogP contribution in [-0.4, -0.2) is 33.5 Å². The number of para-hydroxylation sites is 3. The SMILES string of the molecule is COc1ccccc1NCc1nnc(SCCC(=O)Nc2cccc(Cl)c2)n1-c1ccccc1. The third-order valence-electron chi connectivity index (χ3n) is 4.93. The molecule has 1 amide bonds. The molecule has 1 heterocycles. The molecule has 34 heavy (non-hydrogen) atoms. The molecule has 2 N–H and O–H groups in total. The summed E-state index contributed by atoms with van der Waals surface area (Å²) in [7, 11) is 1.64. The van der Waals surface area contributed by atoms with Gasteiger partial charge < -0.3 is 15.4 Å². The molecule has 0 spiro atoms. The minimum Gasteiger partial charge on any atom is -0.495 e. The molecular weight excluding hydrogens is 470 g/mol. The second-order valence-electron chi connectivity index (χ2n) is 7.28.